The zero-order chi connectivity index (χ0) is 14.4. The van der Waals surface area contributed by atoms with Crippen LogP contribution in [0, 0.1) is 6.92 Å². The van der Waals surface area contributed by atoms with E-state index >= 15 is 0 Å². The SMILES string of the molecule is CCOC(=O)Nc1nnc(COc2ccc(C)cc2)s1. The fourth-order valence-corrected chi connectivity index (χ4v) is 2.04. The van der Waals surface area contributed by atoms with Crippen LogP contribution in [0.25, 0.3) is 0 Å². The zero-order valence-corrected chi connectivity index (χ0v) is 12.1. The van der Waals surface area contributed by atoms with Crippen molar-refractivity contribution in [3.63, 3.8) is 0 Å². The highest BCUT2D eigenvalue weighted by molar-refractivity contribution is 7.15. The number of carbonyl (C=O) groups excluding carboxylic acids is 1. The van der Waals surface area contributed by atoms with Crippen molar-refractivity contribution in [3.8, 4) is 5.75 Å². The molecule has 0 saturated carbocycles. The first-order valence-corrected chi connectivity index (χ1v) is 6.94. The summed E-state index contributed by atoms with van der Waals surface area (Å²) in [6, 6.07) is 7.74. The van der Waals surface area contributed by atoms with Crippen LogP contribution in [-0.2, 0) is 11.3 Å². The summed E-state index contributed by atoms with van der Waals surface area (Å²) in [5.41, 5.74) is 1.18. The average molecular weight is 293 g/mol. The van der Waals surface area contributed by atoms with Gasteiger partial charge in [0, 0.05) is 0 Å². The molecule has 1 N–H and O–H groups in total. The van der Waals surface area contributed by atoms with Crippen LogP contribution in [0.1, 0.15) is 17.5 Å². The molecular formula is C13H15N3O3S. The molecule has 20 heavy (non-hydrogen) atoms. The van der Waals surface area contributed by atoms with Crippen molar-refractivity contribution in [2.75, 3.05) is 11.9 Å². The van der Waals surface area contributed by atoms with E-state index in [0.717, 1.165) is 5.75 Å². The lowest BCUT2D eigenvalue weighted by atomic mass is 10.2. The van der Waals surface area contributed by atoms with Crippen LogP contribution in [0.3, 0.4) is 0 Å². The molecule has 106 valence electrons. The highest BCUT2D eigenvalue weighted by Crippen LogP contribution is 2.18. The summed E-state index contributed by atoms with van der Waals surface area (Å²) in [6.45, 7) is 4.38. The summed E-state index contributed by atoms with van der Waals surface area (Å²) < 4.78 is 10.3. The predicted octanol–water partition coefficient (Wildman–Crippen LogP) is 2.99. The normalized spacial score (nSPS) is 10.1. The molecule has 7 heteroatoms. The molecule has 1 aromatic carbocycles. The lowest BCUT2D eigenvalue weighted by Crippen LogP contribution is -2.12. The zero-order valence-electron chi connectivity index (χ0n) is 11.3. The molecule has 2 rings (SSSR count). The Morgan fingerprint density at radius 1 is 1.30 bits per heavy atom. The third-order valence-electron chi connectivity index (χ3n) is 2.33. The van der Waals surface area contributed by atoms with Crippen molar-refractivity contribution in [3.05, 3.63) is 34.8 Å². The van der Waals surface area contributed by atoms with Gasteiger partial charge in [-0.1, -0.05) is 29.0 Å². The van der Waals surface area contributed by atoms with Crippen molar-refractivity contribution >= 4 is 22.6 Å². The number of benzene rings is 1. The number of hydrogen-bond acceptors (Lipinski definition) is 6. The van der Waals surface area contributed by atoms with Gasteiger partial charge >= 0.3 is 6.09 Å². The smallest absolute Gasteiger partial charge is 0.413 e. The molecule has 0 aliphatic heterocycles. The maximum Gasteiger partial charge on any atom is 0.413 e. The minimum atomic E-state index is -0.533. The lowest BCUT2D eigenvalue weighted by molar-refractivity contribution is 0.168. The molecule has 0 saturated heterocycles. The minimum absolute atomic E-state index is 0.311. The van der Waals surface area contributed by atoms with Crippen LogP contribution in [0.2, 0.25) is 0 Å². The highest BCUT2D eigenvalue weighted by atomic mass is 32.1. The van der Waals surface area contributed by atoms with E-state index in [-0.39, 0.29) is 0 Å². The first-order valence-electron chi connectivity index (χ1n) is 6.13. The van der Waals surface area contributed by atoms with E-state index < -0.39 is 6.09 Å². The third kappa shape index (κ3) is 4.20. The lowest BCUT2D eigenvalue weighted by Gasteiger charge is -2.03. The van der Waals surface area contributed by atoms with Crippen molar-refractivity contribution < 1.29 is 14.3 Å². The maximum absolute atomic E-state index is 11.2. The maximum atomic E-state index is 11.2. The number of nitrogens with one attached hydrogen (secondary N) is 1. The van der Waals surface area contributed by atoms with E-state index in [0.29, 0.717) is 23.4 Å². The van der Waals surface area contributed by atoms with E-state index in [1.807, 2.05) is 31.2 Å². The molecule has 0 spiro atoms. The first-order chi connectivity index (χ1) is 9.67. The van der Waals surface area contributed by atoms with Crippen LogP contribution in [0.4, 0.5) is 9.93 Å². The fourth-order valence-electron chi connectivity index (χ4n) is 1.40. The van der Waals surface area contributed by atoms with Crippen molar-refractivity contribution in [2.24, 2.45) is 0 Å². The molecule has 0 radical (unpaired) electrons. The van der Waals surface area contributed by atoms with Crippen LogP contribution >= 0.6 is 11.3 Å². The summed E-state index contributed by atoms with van der Waals surface area (Å²) in [7, 11) is 0. The van der Waals surface area contributed by atoms with Crippen LogP contribution in [-0.4, -0.2) is 22.9 Å². The summed E-state index contributed by atoms with van der Waals surface area (Å²) in [6.07, 6.45) is -0.533. The van der Waals surface area contributed by atoms with E-state index in [1.54, 1.807) is 6.92 Å². The molecule has 1 heterocycles. The monoisotopic (exact) mass is 293 g/mol. The molecule has 1 amide bonds. The Morgan fingerprint density at radius 3 is 2.75 bits per heavy atom. The number of aromatic nitrogens is 2. The van der Waals surface area contributed by atoms with Gasteiger partial charge in [-0.05, 0) is 26.0 Å². The number of ether oxygens (including phenoxy) is 2. The molecule has 0 aliphatic rings. The first kappa shape index (κ1) is 14.3. The number of carbonyl (C=O) groups is 1. The van der Waals surface area contributed by atoms with Crippen molar-refractivity contribution in [1.82, 2.24) is 10.2 Å². The molecule has 0 aliphatic carbocycles. The Balaban J connectivity index is 1.86. The second kappa shape index (κ2) is 6.85. The van der Waals surface area contributed by atoms with Gasteiger partial charge in [0.15, 0.2) is 5.01 Å². The molecule has 0 fully saturated rings. The van der Waals surface area contributed by atoms with Gasteiger partial charge in [-0.2, -0.15) is 0 Å². The average Bonchev–Trinajstić information content (AvgIpc) is 2.86. The largest absolute Gasteiger partial charge is 0.486 e. The number of amides is 1. The van der Waals surface area contributed by atoms with Gasteiger partial charge in [0.25, 0.3) is 0 Å². The molecule has 0 unspecified atom stereocenters. The standard InChI is InChI=1S/C13H15N3O3S/c1-3-18-13(17)14-12-16-15-11(20-12)8-19-10-6-4-9(2)5-7-10/h4-7H,3,8H2,1-2H3,(H,14,16,17). The van der Waals surface area contributed by atoms with E-state index in [9.17, 15) is 4.79 Å². The Hall–Kier alpha value is -2.15. The Labute approximate surface area is 120 Å². The van der Waals surface area contributed by atoms with Crippen LogP contribution in [0.15, 0.2) is 24.3 Å². The molecule has 0 bridgehead atoms. The van der Waals surface area contributed by atoms with E-state index in [1.165, 1.54) is 16.9 Å². The molecule has 0 atom stereocenters. The van der Waals surface area contributed by atoms with E-state index in [2.05, 4.69) is 15.5 Å². The van der Waals surface area contributed by atoms with E-state index in [4.69, 9.17) is 9.47 Å². The van der Waals surface area contributed by atoms with Gasteiger partial charge < -0.3 is 9.47 Å². The fraction of sp³-hybridized carbons (Fsp3) is 0.308. The molecule has 1 aromatic heterocycles. The molecule has 6 nitrogen and oxygen atoms in total. The van der Waals surface area contributed by atoms with Crippen molar-refractivity contribution in [1.29, 1.82) is 0 Å². The summed E-state index contributed by atoms with van der Waals surface area (Å²) in [4.78, 5) is 11.2. The second-order valence-corrected chi connectivity index (χ2v) is 5.01. The Morgan fingerprint density at radius 2 is 2.05 bits per heavy atom. The minimum Gasteiger partial charge on any atom is -0.486 e. The Kier molecular flexibility index (Phi) is 4.89. The van der Waals surface area contributed by atoms with Gasteiger partial charge in [0.2, 0.25) is 5.13 Å². The van der Waals surface area contributed by atoms with Gasteiger partial charge in [-0.3, -0.25) is 5.32 Å². The third-order valence-corrected chi connectivity index (χ3v) is 3.15. The molecule has 2 aromatic rings. The Bertz CT molecular complexity index is 568. The number of aryl methyl sites for hydroxylation is 1. The van der Waals surface area contributed by atoms with Crippen LogP contribution in [0.5, 0.6) is 5.75 Å². The number of hydrogen-bond donors (Lipinski definition) is 1. The number of nitrogens with zero attached hydrogens (tertiary/aromatic N) is 2. The van der Waals surface area contributed by atoms with Gasteiger partial charge in [0.1, 0.15) is 12.4 Å². The highest BCUT2D eigenvalue weighted by Gasteiger charge is 2.08. The molecular weight excluding hydrogens is 278 g/mol. The second-order valence-electron chi connectivity index (χ2n) is 3.95. The van der Waals surface area contributed by atoms with Crippen LogP contribution < -0.4 is 10.1 Å². The van der Waals surface area contributed by atoms with Gasteiger partial charge in [-0.15, -0.1) is 10.2 Å². The quantitative estimate of drug-likeness (QED) is 0.917. The number of rotatable bonds is 5. The topological polar surface area (TPSA) is 73.3 Å². The summed E-state index contributed by atoms with van der Waals surface area (Å²) in [5, 5.41) is 11.3. The predicted molar refractivity (Wildman–Crippen MR) is 76.1 cm³/mol. The summed E-state index contributed by atoms with van der Waals surface area (Å²) in [5.74, 6) is 0.769. The van der Waals surface area contributed by atoms with Crippen molar-refractivity contribution in [2.45, 2.75) is 20.5 Å². The number of anilines is 1. The van der Waals surface area contributed by atoms with Gasteiger partial charge in [-0.25, -0.2) is 4.79 Å². The van der Waals surface area contributed by atoms with Gasteiger partial charge in [0.05, 0.1) is 6.61 Å². The summed E-state index contributed by atoms with van der Waals surface area (Å²) >= 11 is 1.25.